The number of nitrogens with zero attached hydrogens (tertiary/aromatic N) is 1. The molecule has 92 valence electrons. The Kier molecular flexibility index (Phi) is 2.29. The third-order valence-electron chi connectivity index (χ3n) is 3.03. The second-order valence-electron chi connectivity index (χ2n) is 4.16. The molecule has 3 rings (SSSR count). The molecule has 1 aromatic carbocycles. The van der Waals surface area contributed by atoms with Crippen molar-refractivity contribution in [1.29, 1.82) is 0 Å². The third-order valence-corrected chi connectivity index (χ3v) is 3.03. The molecule has 6 heteroatoms. The van der Waals surface area contributed by atoms with Crippen molar-refractivity contribution in [2.45, 2.75) is 12.5 Å². The number of fused-ring (bicyclic) bond motifs is 1. The monoisotopic (exact) mass is 246 g/mol. The first-order valence-corrected chi connectivity index (χ1v) is 5.54. The zero-order valence-corrected chi connectivity index (χ0v) is 9.38. The molecule has 1 fully saturated rings. The van der Waals surface area contributed by atoms with Crippen molar-refractivity contribution in [3.8, 4) is 5.75 Å². The fraction of sp³-hybridized carbons (Fsp3) is 0.250. The van der Waals surface area contributed by atoms with E-state index in [1.54, 1.807) is 6.07 Å². The minimum atomic E-state index is -0.679. The molecule has 0 bridgehead atoms. The fourth-order valence-corrected chi connectivity index (χ4v) is 2.23. The second kappa shape index (κ2) is 3.83. The number of hydrogen-bond donors (Lipinski definition) is 1. The number of benzene rings is 1. The van der Waals surface area contributed by atoms with Crippen molar-refractivity contribution >= 4 is 17.8 Å². The van der Waals surface area contributed by atoms with E-state index in [-0.39, 0.29) is 13.0 Å². The van der Waals surface area contributed by atoms with Gasteiger partial charge in [0, 0.05) is 5.56 Å². The number of ether oxygens (including phenoxy) is 1. The van der Waals surface area contributed by atoms with Crippen LogP contribution in [0.15, 0.2) is 24.3 Å². The van der Waals surface area contributed by atoms with Gasteiger partial charge in [0.25, 0.3) is 0 Å². The number of hydrogen-bond acceptors (Lipinski definition) is 4. The Morgan fingerprint density at radius 1 is 1.22 bits per heavy atom. The molecule has 0 saturated carbocycles. The van der Waals surface area contributed by atoms with Crippen LogP contribution in [0.3, 0.4) is 0 Å². The van der Waals surface area contributed by atoms with Crippen LogP contribution in [-0.4, -0.2) is 29.4 Å². The highest BCUT2D eigenvalue weighted by molar-refractivity contribution is 6.14. The summed E-state index contributed by atoms with van der Waals surface area (Å²) < 4.78 is 5.43. The maximum atomic E-state index is 11.8. The summed E-state index contributed by atoms with van der Waals surface area (Å²) in [4.78, 5) is 35.7. The largest absolute Gasteiger partial charge is 0.491 e. The second-order valence-corrected chi connectivity index (χ2v) is 4.16. The van der Waals surface area contributed by atoms with Gasteiger partial charge in [0.15, 0.2) is 0 Å². The summed E-state index contributed by atoms with van der Waals surface area (Å²) in [7, 11) is 0. The van der Waals surface area contributed by atoms with Crippen molar-refractivity contribution < 1.29 is 19.1 Å². The molecule has 2 heterocycles. The topological polar surface area (TPSA) is 75.7 Å². The quantitative estimate of drug-likeness (QED) is 0.736. The van der Waals surface area contributed by atoms with E-state index in [2.05, 4.69) is 5.32 Å². The number of barbiturate groups is 1. The molecule has 1 saturated heterocycles. The van der Waals surface area contributed by atoms with Gasteiger partial charge in [0.05, 0.1) is 0 Å². The van der Waals surface area contributed by atoms with Crippen molar-refractivity contribution in [3.05, 3.63) is 29.8 Å². The van der Waals surface area contributed by atoms with Crippen LogP contribution in [0.1, 0.15) is 18.0 Å². The van der Waals surface area contributed by atoms with Crippen LogP contribution < -0.4 is 10.1 Å². The molecule has 2 aliphatic heterocycles. The number of carbonyl (C=O) groups excluding carboxylic acids is 3. The van der Waals surface area contributed by atoms with Gasteiger partial charge < -0.3 is 4.74 Å². The summed E-state index contributed by atoms with van der Waals surface area (Å²) in [6, 6.07) is 6.10. The van der Waals surface area contributed by atoms with Crippen LogP contribution in [0.2, 0.25) is 0 Å². The van der Waals surface area contributed by atoms with E-state index in [0.717, 1.165) is 10.5 Å². The van der Waals surface area contributed by atoms with E-state index in [9.17, 15) is 14.4 Å². The lowest BCUT2D eigenvalue weighted by Gasteiger charge is -2.29. The molecule has 1 N–H and O–H groups in total. The van der Waals surface area contributed by atoms with Gasteiger partial charge in [0.1, 0.15) is 24.8 Å². The lowest BCUT2D eigenvalue weighted by atomic mass is 10.1. The first-order chi connectivity index (χ1) is 8.66. The summed E-state index contributed by atoms with van der Waals surface area (Å²) in [6.45, 7) is 0.229. The summed E-state index contributed by atoms with van der Waals surface area (Å²) in [5.41, 5.74) is 0.787. The van der Waals surface area contributed by atoms with E-state index in [0.29, 0.717) is 5.75 Å². The minimum absolute atomic E-state index is 0.229. The van der Waals surface area contributed by atoms with E-state index in [4.69, 9.17) is 4.74 Å². The Morgan fingerprint density at radius 3 is 2.78 bits per heavy atom. The van der Waals surface area contributed by atoms with Gasteiger partial charge in [-0.1, -0.05) is 18.2 Å². The van der Waals surface area contributed by atoms with Gasteiger partial charge in [-0.15, -0.1) is 0 Å². The molecular weight excluding hydrogens is 236 g/mol. The molecule has 0 spiro atoms. The molecule has 0 aliphatic carbocycles. The van der Waals surface area contributed by atoms with Crippen LogP contribution in [-0.2, 0) is 9.59 Å². The number of rotatable bonds is 1. The predicted octanol–water partition coefficient (Wildman–Crippen LogP) is 0.589. The van der Waals surface area contributed by atoms with Gasteiger partial charge >= 0.3 is 6.03 Å². The summed E-state index contributed by atoms with van der Waals surface area (Å²) in [5.74, 6) is -0.387. The van der Waals surface area contributed by atoms with Crippen LogP contribution >= 0.6 is 0 Å². The highest BCUT2D eigenvalue weighted by atomic mass is 16.5. The molecule has 1 atom stereocenters. The maximum absolute atomic E-state index is 11.8. The Bertz CT molecular complexity index is 535. The van der Waals surface area contributed by atoms with Crippen LogP contribution in [0.5, 0.6) is 5.75 Å². The lowest BCUT2D eigenvalue weighted by molar-refractivity contribution is -0.138. The van der Waals surface area contributed by atoms with Crippen molar-refractivity contribution in [1.82, 2.24) is 10.2 Å². The zero-order valence-electron chi connectivity index (χ0n) is 9.38. The average molecular weight is 246 g/mol. The number of nitrogens with one attached hydrogen (secondary N) is 1. The maximum Gasteiger partial charge on any atom is 0.331 e. The Hall–Kier alpha value is -2.37. The van der Waals surface area contributed by atoms with Crippen molar-refractivity contribution in [2.24, 2.45) is 0 Å². The van der Waals surface area contributed by atoms with Crippen LogP contribution in [0.4, 0.5) is 4.79 Å². The number of urea groups is 1. The van der Waals surface area contributed by atoms with Crippen molar-refractivity contribution in [3.63, 3.8) is 0 Å². The van der Waals surface area contributed by atoms with Gasteiger partial charge in [-0.2, -0.15) is 0 Å². The molecule has 6 nitrogen and oxygen atoms in total. The van der Waals surface area contributed by atoms with Crippen LogP contribution in [0.25, 0.3) is 0 Å². The van der Waals surface area contributed by atoms with Gasteiger partial charge in [0.2, 0.25) is 11.8 Å². The zero-order chi connectivity index (χ0) is 12.7. The molecule has 0 aromatic heterocycles. The van der Waals surface area contributed by atoms with Crippen molar-refractivity contribution in [2.75, 3.05) is 6.61 Å². The fourth-order valence-electron chi connectivity index (χ4n) is 2.23. The lowest BCUT2D eigenvalue weighted by Crippen LogP contribution is -2.54. The number of amides is 4. The first kappa shape index (κ1) is 10.8. The molecular formula is C12H10N2O4. The molecule has 1 unspecified atom stereocenters. The Labute approximate surface area is 103 Å². The summed E-state index contributed by atoms with van der Waals surface area (Å²) in [5, 5.41) is 2.14. The number of imide groups is 2. The third kappa shape index (κ3) is 1.54. The van der Waals surface area contributed by atoms with Gasteiger partial charge in [-0.3, -0.25) is 19.8 Å². The smallest absolute Gasteiger partial charge is 0.331 e. The van der Waals surface area contributed by atoms with E-state index >= 15 is 0 Å². The Balaban J connectivity index is 1.95. The minimum Gasteiger partial charge on any atom is -0.491 e. The molecule has 2 aliphatic rings. The molecule has 1 aromatic rings. The van der Waals surface area contributed by atoms with E-state index in [1.165, 1.54) is 0 Å². The number of carbonyl (C=O) groups is 3. The van der Waals surface area contributed by atoms with Gasteiger partial charge in [-0.25, -0.2) is 4.79 Å². The molecule has 4 amide bonds. The standard InChI is InChI=1S/C12H10N2O4/c15-10-5-11(16)14(12(17)13-10)8-6-18-9-4-2-1-3-7(8)9/h1-4,8H,5-6H2,(H,13,15,17). The van der Waals surface area contributed by atoms with Crippen LogP contribution in [0, 0.1) is 0 Å². The summed E-state index contributed by atoms with van der Waals surface area (Å²) in [6.07, 6.45) is -0.301. The first-order valence-electron chi connectivity index (χ1n) is 5.54. The SMILES string of the molecule is O=C1CC(=O)N(C2COc3ccccc32)C(=O)N1. The molecule has 0 radical (unpaired) electrons. The highest BCUT2D eigenvalue weighted by Gasteiger charge is 2.40. The normalized spacial score (nSPS) is 22.6. The highest BCUT2D eigenvalue weighted by Crippen LogP contribution is 2.36. The predicted molar refractivity (Wildman–Crippen MR) is 59.7 cm³/mol. The molecule has 18 heavy (non-hydrogen) atoms. The van der Waals surface area contributed by atoms with E-state index in [1.807, 2.05) is 18.2 Å². The Morgan fingerprint density at radius 2 is 2.00 bits per heavy atom. The number of para-hydroxylation sites is 1. The van der Waals surface area contributed by atoms with E-state index < -0.39 is 23.9 Å². The average Bonchev–Trinajstić information content (AvgIpc) is 2.72. The summed E-state index contributed by atoms with van der Waals surface area (Å²) >= 11 is 0. The van der Waals surface area contributed by atoms with Gasteiger partial charge in [-0.05, 0) is 6.07 Å².